The molecule has 1 atom stereocenters. The van der Waals surface area contributed by atoms with Gasteiger partial charge in [-0.15, -0.1) is 0 Å². The van der Waals surface area contributed by atoms with Crippen molar-refractivity contribution in [3.8, 4) is 23.0 Å². The fourth-order valence-electron chi connectivity index (χ4n) is 2.42. The summed E-state index contributed by atoms with van der Waals surface area (Å²) in [5.74, 6) is 2.29. The number of hydrogen-bond acceptors (Lipinski definition) is 5. The van der Waals surface area contributed by atoms with Gasteiger partial charge < -0.3 is 14.2 Å². The topological polar surface area (TPSA) is 49.5 Å². The van der Waals surface area contributed by atoms with Crippen molar-refractivity contribution >= 4 is 0 Å². The van der Waals surface area contributed by atoms with Crippen molar-refractivity contribution in [3.05, 3.63) is 84.4 Å². The number of ether oxygens (including phenoxy) is 3. The summed E-state index contributed by atoms with van der Waals surface area (Å²) in [6.07, 6.45) is 0.184. The maximum atomic E-state index is 5.92. The summed E-state index contributed by atoms with van der Waals surface area (Å²) < 4.78 is 16.8. The Bertz CT molecular complexity index is 847. The molecule has 5 nitrogen and oxygen atoms in total. The zero-order valence-corrected chi connectivity index (χ0v) is 14.7. The summed E-state index contributed by atoms with van der Waals surface area (Å²) in [4.78, 5) is 11.0. The number of rotatable bonds is 9. The van der Waals surface area contributed by atoms with Crippen molar-refractivity contribution in [2.24, 2.45) is 0 Å². The second-order valence-electron chi connectivity index (χ2n) is 6.13. The van der Waals surface area contributed by atoms with E-state index in [1.54, 1.807) is 6.07 Å². The smallest absolute Gasteiger partial charge is 0.224 e. The summed E-state index contributed by atoms with van der Waals surface area (Å²) in [5, 5.41) is 0. The van der Waals surface area contributed by atoms with Gasteiger partial charge in [0.05, 0.1) is 6.61 Å². The quantitative estimate of drug-likeness (QED) is 0.320. The predicted octanol–water partition coefficient (Wildman–Crippen LogP) is 4.42. The maximum absolute atomic E-state index is 5.92. The van der Waals surface area contributed by atoms with E-state index in [-0.39, 0.29) is 6.10 Å². The Morgan fingerprint density at radius 3 is 2.22 bits per heavy atom. The average molecular weight is 364 g/mol. The van der Waals surface area contributed by atoms with Gasteiger partial charge in [-0.1, -0.05) is 48.5 Å². The molecule has 1 fully saturated rings. The first-order valence-electron chi connectivity index (χ1n) is 8.81. The highest BCUT2D eigenvalue weighted by atomic mass is 17.2. The number of epoxide rings is 1. The van der Waals surface area contributed by atoms with Crippen LogP contribution < -0.4 is 19.2 Å². The van der Waals surface area contributed by atoms with Crippen LogP contribution in [0.15, 0.2) is 78.9 Å². The standard InChI is InChI=1S/C22H20O5/c1-3-7-17(8-4-1)14-25-21-12-11-19(23-15-20-16-24-20)13-22(21)27-26-18-9-5-2-6-10-18/h1-13,20H,14-16H2/t20-/m0/s1. The highest BCUT2D eigenvalue weighted by molar-refractivity contribution is 5.45. The fraction of sp³-hybridized carbons (Fsp3) is 0.182. The van der Waals surface area contributed by atoms with Crippen LogP contribution in [0.2, 0.25) is 0 Å². The molecule has 0 spiro atoms. The minimum Gasteiger partial charge on any atom is -0.491 e. The molecular weight excluding hydrogens is 344 g/mol. The third kappa shape index (κ3) is 5.15. The third-order valence-corrected chi connectivity index (χ3v) is 3.96. The van der Waals surface area contributed by atoms with Crippen LogP contribution >= 0.6 is 0 Å². The SMILES string of the molecule is c1ccc(COc2ccc(OC[C@H]3CO3)cc2OOc2ccccc2)cc1. The van der Waals surface area contributed by atoms with Gasteiger partial charge in [0.1, 0.15) is 25.1 Å². The molecule has 1 saturated heterocycles. The molecule has 0 amide bonds. The molecule has 27 heavy (non-hydrogen) atoms. The first kappa shape index (κ1) is 17.2. The van der Waals surface area contributed by atoms with E-state index in [2.05, 4.69) is 0 Å². The van der Waals surface area contributed by atoms with Crippen LogP contribution in [-0.2, 0) is 11.3 Å². The molecule has 0 aliphatic carbocycles. The zero-order valence-electron chi connectivity index (χ0n) is 14.7. The Morgan fingerprint density at radius 2 is 1.48 bits per heavy atom. The molecular formula is C22H20O5. The molecule has 138 valence electrons. The van der Waals surface area contributed by atoms with Gasteiger partial charge in [0.25, 0.3) is 0 Å². The van der Waals surface area contributed by atoms with E-state index in [4.69, 9.17) is 24.0 Å². The van der Waals surface area contributed by atoms with Crippen LogP contribution in [0.5, 0.6) is 23.0 Å². The lowest BCUT2D eigenvalue weighted by atomic mass is 10.2. The molecule has 0 N–H and O–H groups in total. The van der Waals surface area contributed by atoms with Crippen LogP contribution in [0.4, 0.5) is 0 Å². The Morgan fingerprint density at radius 1 is 0.741 bits per heavy atom. The molecule has 0 unspecified atom stereocenters. The van der Waals surface area contributed by atoms with Crippen LogP contribution in [0.3, 0.4) is 0 Å². The summed E-state index contributed by atoms with van der Waals surface area (Å²) in [6.45, 7) is 1.70. The van der Waals surface area contributed by atoms with E-state index in [0.717, 1.165) is 12.2 Å². The predicted molar refractivity (Wildman–Crippen MR) is 100 cm³/mol. The molecule has 1 aliphatic heterocycles. The van der Waals surface area contributed by atoms with Crippen molar-refractivity contribution in [1.29, 1.82) is 0 Å². The van der Waals surface area contributed by atoms with E-state index in [9.17, 15) is 0 Å². The lowest BCUT2D eigenvalue weighted by Gasteiger charge is -2.13. The highest BCUT2D eigenvalue weighted by Gasteiger charge is 2.23. The lowest BCUT2D eigenvalue weighted by Crippen LogP contribution is -2.06. The minimum atomic E-state index is 0.184. The summed E-state index contributed by atoms with van der Waals surface area (Å²) in [5.41, 5.74) is 1.07. The van der Waals surface area contributed by atoms with Crippen molar-refractivity contribution in [2.75, 3.05) is 13.2 Å². The lowest BCUT2D eigenvalue weighted by molar-refractivity contribution is -0.102. The van der Waals surface area contributed by atoms with Crippen molar-refractivity contribution in [1.82, 2.24) is 0 Å². The van der Waals surface area contributed by atoms with Crippen molar-refractivity contribution < 1.29 is 24.0 Å². The molecule has 1 heterocycles. The van der Waals surface area contributed by atoms with Gasteiger partial charge in [-0.2, -0.15) is 0 Å². The monoisotopic (exact) mass is 364 g/mol. The highest BCUT2D eigenvalue weighted by Crippen LogP contribution is 2.33. The van der Waals surface area contributed by atoms with Crippen LogP contribution in [0, 0.1) is 0 Å². The Hall–Kier alpha value is -3.18. The molecule has 3 aromatic carbocycles. The van der Waals surface area contributed by atoms with Gasteiger partial charge in [-0.05, 0) is 29.8 Å². The number of hydrogen-bond donors (Lipinski definition) is 0. The molecule has 0 aromatic heterocycles. The van der Waals surface area contributed by atoms with Gasteiger partial charge in [0.2, 0.25) is 5.75 Å². The summed E-state index contributed by atoms with van der Waals surface area (Å²) in [6, 6.07) is 24.7. The molecule has 3 aromatic rings. The van der Waals surface area contributed by atoms with E-state index >= 15 is 0 Å². The Labute approximate surface area is 157 Å². The zero-order chi connectivity index (χ0) is 18.3. The van der Waals surface area contributed by atoms with Gasteiger partial charge in [-0.3, -0.25) is 9.78 Å². The minimum absolute atomic E-state index is 0.184. The summed E-state index contributed by atoms with van der Waals surface area (Å²) >= 11 is 0. The Kier molecular flexibility index (Phi) is 5.41. The van der Waals surface area contributed by atoms with Crippen molar-refractivity contribution in [3.63, 3.8) is 0 Å². The van der Waals surface area contributed by atoms with Crippen LogP contribution in [0.1, 0.15) is 5.56 Å². The Balaban J connectivity index is 1.46. The fourth-order valence-corrected chi connectivity index (χ4v) is 2.42. The third-order valence-electron chi connectivity index (χ3n) is 3.96. The van der Waals surface area contributed by atoms with Crippen molar-refractivity contribution in [2.45, 2.75) is 12.7 Å². The average Bonchev–Trinajstić information content (AvgIpc) is 3.56. The molecule has 0 saturated carbocycles. The largest absolute Gasteiger partial charge is 0.491 e. The number of benzene rings is 3. The normalized spacial score (nSPS) is 15.0. The van der Waals surface area contributed by atoms with E-state index in [1.807, 2.05) is 72.8 Å². The molecule has 0 bridgehead atoms. The van der Waals surface area contributed by atoms with E-state index < -0.39 is 0 Å². The molecule has 4 rings (SSSR count). The molecule has 5 heteroatoms. The first-order chi connectivity index (χ1) is 13.4. The van der Waals surface area contributed by atoms with Gasteiger partial charge in [0, 0.05) is 6.07 Å². The van der Waals surface area contributed by atoms with Crippen LogP contribution in [0.25, 0.3) is 0 Å². The molecule has 0 radical (unpaired) electrons. The van der Waals surface area contributed by atoms with Gasteiger partial charge >= 0.3 is 0 Å². The van der Waals surface area contributed by atoms with Gasteiger partial charge in [0.15, 0.2) is 11.5 Å². The van der Waals surface area contributed by atoms with Crippen LogP contribution in [-0.4, -0.2) is 19.3 Å². The second-order valence-corrected chi connectivity index (χ2v) is 6.13. The van der Waals surface area contributed by atoms with Gasteiger partial charge in [-0.25, -0.2) is 0 Å². The number of para-hydroxylation sites is 1. The first-order valence-corrected chi connectivity index (χ1v) is 8.81. The molecule has 1 aliphatic rings. The summed E-state index contributed by atoms with van der Waals surface area (Å²) in [7, 11) is 0. The van der Waals surface area contributed by atoms with E-state index in [0.29, 0.717) is 36.2 Å². The maximum Gasteiger partial charge on any atom is 0.224 e. The second kappa shape index (κ2) is 8.47. The van der Waals surface area contributed by atoms with E-state index in [1.165, 1.54) is 0 Å².